The van der Waals surface area contributed by atoms with Gasteiger partial charge in [0.25, 0.3) is 0 Å². The third kappa shape index (κ3) is 10.1. The zero-order valence-electron chi connectivity index (χ0n) is 31.2. The maximum absolute atomic E-state index is 14.7. The van der Waals surface area contributed by atoms with Crippen LogP contribution in [0.2, 0.25) is 0 Å². The van der Waals surface area contributed by atoms with Crippen LogP contribution in [0.25, 0.3) is 0 Å². The van der Waals surface area contributed by atoms with Crippen LogP contribution in [0.3, 0.4) is 0 Å². The van der Waals surface area contributed by atoms with Gasteiger partial charge in [-0.05, 0) is 94.8 Å². The van der Waals surface area contributed by atoms with Crippen LogP contribution >= 0.6 is 0 Å². The quantitative estimate of drug-likeness (QED) is 0.118. The molecule has 51 heavy (non-hydrogen) atoms. The van der Waals surface area contributed by atoms with Crippen molar-refractivity contribution in [3.05, 3.63) is 31.5 Å². The molecule has 9 atom stereocenters. The predicted molar refractivity (Wildman–Crippen MR) is 197 cm³/mol. The average molecular weight is 709 g/mol. The first kappa shape index (κ1) is 40.3. The molecular weight excluding hydrogens is 648 g/mol. The maximum atomic E-state index is 14.7. The van der Waals surface area contributed by atoms with Crippen LogP contribution in [0.4, 0.5) is 0 Å². The van der Waals surface area contributed by atoms with Crippen LogP contribution in [0.5, 0.6) is 0 Å². The maximum Gasteiger partial charge on any atom is 0.336 e. The Labute approximate surface area is 301 Å². The lowest BCUT2D eigenvalue weighted by Crippen LogP contribution is -2.58. The van der Waals surface area contributed by atoms with Crippen molar-refractivity contribution < 1.29 is 14.4 Å². The zero-order valence-corrected chi connectivity index (χ0v) is 31.2. The summed E-state index contributed by atoms with van der Waals surface area (Å²) in [6.45, 7) is 6.28. The first-order valence-electron chi connectivity index (χ1n) is 20.0. The lowest BCUT2D eigenvalue weighted by molar-refractivity contribution is 0.174. The normalized spacial score (nSPS) is 26.9. The number of unbranched alkanes of at least 4 members (excludes halogenated alkanes) is 3. The second-order valence-electron chi connectivity index (χ2n) is 15.5. The number of aliphatic imine (C=N–C) groups is 3. The van der Waals surface area contributed by atoms with Gasteiger partial charge in [-0.25, -0.2) is 57.4 Å². The number of hydrogen-bond donors (Lipinski definition) is 0. The summed E-state index contributed by atoms with van der Waals surface area (Å²) >= 11 is 0. The van der Waals surface area contributed by atoms with Gasteiger partial charge in [-0.15, -0.1) is 0 Å². The predicted octanol–water partition coefficient (Wildman–Crippen LogP) is 7.05. The van der Waals surface area contributed by atoms with Crippen molar-refractivity contribution in [3.63, 3.8) is 0 Å². The molecule has 3 saturated carbocycles. The van der Waals surface area contributed by atoms with E-state index in [2.05, 4.69) is 35.7 Å². The van der Waals surface area contributed by atoms with Crippen molar-refractivity contribution >= 4 is 18.2 Å². The SMILES string of the molecule is CCCCC(N=C=O)C1CCCC(n2c(=O)n(C3CCCC(C(CCCC)N=C=O)C3)c(=O)n(C3CCCC(C(CCCC)N=C=O)C3)c2=O)C1. The van der Waals surface area contributed by atoms with Gasteiger partial charge in [-0.2, -0.15) is 0 Å². The van der Waals surface area contributed by atoms with E-state index in [1.807, 2.05) is 0 Å². The minimum atomic E-state index is -0.565. The molecule has 3 aliphatic rings. The lowest BCUT2D eigenvalue weighted by Gasteiger charge is -2.37. The highest BCUT2D eigenvalue weighted by Crippen LogP contribution is 2.39. The minimum Gasteiger partial charge on any atom is -0.247 e. The highest BCUT2D eigenvalue weighted by atomic mass is 16.2. The first-order chi connectivity index (χ1) is 24.8. The van der Waals surface area contributed by atoms with Gasteiger partial charge in [0.15, 0.2) is 0 Å². The highest BCUT2D eigenvalue weighted by Gasteiger charge is 2.38. The summed E-state index contributed by atoms with van der Waals surface area (Å²) < 4.78 is 4.08. The molecule has 0 radical (unpaired) electrons. The van der Waals surface area contributed by atoms with Crippen molar-refractivity contribution in [1.82, 2.24) is 13.7 Å². The van der Waals surface area contributed by atoms with E-state index < -0.39 is 35.2 Å². The molecule has 0 aromatic carbocycles. The smallest absolute Gasteiger partial charge is 0.247 e. The number of carbonyl (C=O) groups excluding carboxylic acids is 3. The van der Waals surface area contributed by atoms with E-state index in [-0.39, 0.29) is 35.9 Å². The Kier molecular flexibility index (Phi) is 16.3. The molecule has 0 aliphatic heterocycles. The Morgan fingerprint density at radius 3 is 1.02 bits per heavy atom. The molecule has 282 valence electrons. The standard InChI is InChI=1S/C39H60N6O6/c1-4-7-19-34(40-25-46)28-13-10-16-31(22-28)43-37(49)44(32-17-11-14-29(23-32)35(41-26-47)20-8-5-2)39(51)45(38(43)50)33-18-12-15-30(24-33)36(42-27-48)21-9-6-3/h28-36H,4-24H2,1-3H3. The van der Waals surface area contributed by atoms with Gasteiger partial charge in [0.1, 0.15) is 0 Å². The first-order valence-corrected chi connectivity index (χ1v) is 20.0. The molecule has 1 heterocycles. The monoisotopic (exact) mass is 708 g/mol. The van der Waals surface area contributed by atoms with Gasteiger partial charge < -0.3 is 0 Å². The van der Waals surface area contributed by atoms with Gasteiger partial charge in [0.05, 0.1) is 18.1 Å². The van der Waals surface area contributed by atoms with Gasteiger partial charge >= 0.3 is 17.1 Å². The molecule has 1 aromatic rings. The molecule has 0 saturated heterocycles. The Bertz CT molecular complexity index is 1380. The molecule has 0 spiro atoms. The molecule has 12 nitrogen and oxygen atoms in total. The van der Waals surface area contributed by atoms with E-state index in [9.17, 15) is 28.8 Å². The van der Waals surface area contributed by atoms with Gasteiger partial charge in [0, 0.05) is 18.1 Å². The van der Waals surface area contributed by atoms with Crippen LogP contribution in [0, 0.1) is 17.8 Å². The molecule has 0 bridgehead atoms. The third-order valence-corrected chi connectivity index (χ3v) is 12.2. The Morgan fingerprint density at radius 2 is 0.784 bits per heavy atom. The minimum absolute atomic E-state index is 0.0241. The van der Waals surface area contributed by atoms with Gasteiger partial charge in [0.2, 0.25) is 18.2 Å². The van der Waals surface area contributed by atoms with Crippen LogP contribution in [-0.4, -0.2) is 50.1 Å². The highest BCUT2D eigenvalue weighted by molar-refractivity contribution is 5.34. The Hall–Kier alpha value is -3.45. The van der Waals surface area contributed by atoms with Gasteiger partial charge in [-0.1, -0.05) is 78.6 Å². The fourth-order valence-electron chi connectivity index (χ4n) is 9.55. The molecule has 3 aliphatic carbocycles. The van der Waals surface area contributed by atoms with Crippen molar-refractivity contribution in [3.8, 4) is 0 Å². The van der Waals surface area contributed by atoms with E-state index in [0.29, 0.717) is 38.5 Å². The van der Waals surface area contributed by atoms with Crippen molar-refractivity contribution in [2.45, 2.75) is 192 Å². The average Bonchev–Trinajstić information content (AvgIpc) is 3.14. The zero-order chi connectivity index (χ0) is 36.8. The molecule has 1 aromatic heterocycles. The topological polar surface area (TPSA) is 154 Å². The van der Waals surface area contributed by atoms with E-state index >= 15 is 0 Å². The fraction of sp³-hybridized carbons (Fsp3) is 0.846. The summed E-state index contributed by atoms with van der Waals surface area (Å²) in [5.41, 5.74) is -1.70. The molecule has 4 rings (SSSR count). The second kappa shape index (κ2) is 20.6. The number of isocyanates is 3. The Balaban J connectivity index is 1.81. The molecule has 0 amide bonds. The van der Waals surface area contributed by atoms with E-state index in [0.717, 1.165) is 96.3 Å². The molecular formula is C39H60N6O6. The van der Waals surface area contributed by atoms with Gasteiger partial charge in [-0.3, -0.25) is 0 Å². The lowest BCUT2D eigenvalue weighted by atomic mass is 9.79. The summed E-state index contributed by atoms with van der Waals surface area (Å²) in [4.78, 5) is 90.7. The van der Waals surface area contributed by atoms with Crippen molar-refractivity contribution in [2.75, 3.05) is 0 Å². The van der Waals surface area contributed by atoms with E-state index in [4.69, 9.17) is 0 Å². The van der Waals surface area contributed by atoms with E-state index in [1.54, 1.807) is 18.2 Å². The van der Waals surface area contributed by atoms with Crippen LogP contribution in [0.15, 0.2) is 29.4 Å². The third-order valence-electron chi connectivity index (χ3n) is 12.2. The summed E-state index contributed by atoms with van der Waals surface area (Å²) in [5.74, 6) is 0.0724. The number of hydrogen-bond acceptors (Lipinski definition) is 9. The van der Waals surface area contributed by atoms with Crippen molar-refractivity contribution in [1.29, 1.82) is 0 Å². The summed E-state index contributed by atoms with van der Waals surface area (Å²) in [5, 5.41) is 0. The summed E-state index contributed by atoms with van der Waals surface area (Å²) in [6, 6.07) is -1.95. The summed E-state index contributed by atoms with van der Waals surface area (Å²) in [6.07, 6.45) is 21.5. The van der Waals surface area contributed by atoms with Crippen LogP contribution in [-0.2, 0) is 14.4 Å². The largest absolute Gasteiger partial charge is 0.336 e. The fourth-order valence-corrected chi connectivity index (χ4v) is 9.55. The molecule has 9 unspecified atom stereocenters. The number of nitrogens with zero attached hydrogens (tertiary/aromatic N) is 6. The Morgan fingerprint density at radius 1 is 0.510 bits per heavy atom. The number of rotatable bonds is 18. The second-order valence-corrected chi connectivity index (χ2v) is 15.5. The summed E-state index contributed by atoms with van der Waals surface area (Å²) in [7, 11) is 0. The molecule has 3 fully saturated rings. The molecule has 0 N–H and O–H groups in total. The van der Waals surface area contributed by atoms with Crippen molar-refractivity contribution in [2.24, 2.45) is 32.7 Å². The number of aromatic nitrogens is 3. The van der Waals surface area contributed by atoms with Crippen LogP contribution < -0.4 is 17.1 Å². The van der Waals surface area contributed by atoms with Crippen LogP contribution in [0.1, 0.15) is 174 Å². The van der Waals surface area contributed by atoms with E-state index in [1.165, 1.54) is 13.7 Å². The molecule has 12 heteroatoms.